The smallest absolute Gasteiger partial charge is 0.250 e. The number of carbonyl (C=O) groups is 1. The molecule has 2 fully saturated rings. The van der Waals surface area contributed by atoms with Gasteiger partial charge in [0.2, 0.25) is 0 Å². The number of hydrogen-bond acceptors (Lipinski definition) is 3. The number of carbonyl (C=O) groups excluding carboxylic acids is 1. The van der Waals surface area contributed by atoms with E-state index in [9.17, 15) is 9.18 Å². The van der Waals surface area contributed by atoms with Crippen LogP contribution >= 0.6 is 0 Å². The largest absolute Gasteiger partial charge is 0.382 e. The number of primary amides is 1. The van der Waals surface area contributed by atoms with Gasteiger partial charge in [0.1, 0.15) is 5.82 Å². The fourth-order valence-corrected chi connectivity index (χ4v) is 2.90. The van der Waals surface area contributed by atoms with Crippen LogP contribution in [0.3, 0.4) is 0 Å². The molecule has 21 heavy (non-hydrogen) atoms. The van der Waals surface area contributed by atoms with Gasteiger partial charge in [-0.25, -0.2) is 4.39 Å². The van der Waals surface area contributed by atoms with Crippen LogP contribution in [0.15, 0.2) is 12.1 Å². The molecule has 114 valence electrons. The van der Waals surface area contributed by atoms with Crippen molar-refractivity contribution in [2.75, 3.05) is 17.2 Å². The first-order chi connectivity index (χ1) is 10.1. The molecule has 4 nitrogen and oxygen atoms in total. The minimum absolute atomic E-state index is 0.233. The van der Waals surface area contributed by atoms with Crippen molar-refractivity contribution in [1.82, 2.24) is 0 Å². The molecule has 0 aliphatic heterocycles. The Morgan fingerprint density at radius 1 is 1.19 bits per heavy atom. The van der Waals surface area contributed by atoms with Crippen molar-refractivity contribution in [1.29, 1.82) is 0 Å². The van der Waals surface area contributed by atoms with Crippen molar-refractivity contribution in [2.24, 2.45) is 11.7 Å². The van der Waals surface area contributed by atoms with Gasteiger partial charge in [0.25, 0.3) is 5.91 Å². The van der Waals surface area contributed by atoms with Crippen molar-refractivity contribution in [3.8, 4) is 0 Å². The monoisotopic (exact) mass is 291 g/mol. The van der Waals surface area contributed by atoms with Gasteiger partial charge in [0, 0.05) is 18.3 Å². The molecule has 0 bridgehead atoms. The SMILES string of the molecule is NC(=O)c1cc(F)c(NCC2CC2)cc1NC1CCCC1. The van der Waals surface area contributed by atoms with Crippen LogP contribution in [0.2, 0.25) is 0 Å². The fraction of sp³-hybridized carbons (Fsp3) is 0.562. The highest BCUT2D eigenvalue weighted by Crippen LogP contribution is 2.32. The van der Waals surface area contributed by atoms with Crippen molar-refractivity contribution in [3.63, 3.8) is 0 Å². The van der Waals surface area contributed by atoms with Crippen molar-refractivity contribution in [2.45, 2.75) is 44.6 Å². The van der Waals surface area contributed by atoms with Crippen LogP contribution in [0.5, 0.6) is 0 Å². The molecule has 2 aliphatic carbocycles. The number of anilines is 2. The lowest BCUT2D eigenvalue weighted by atomic mass is 10.1. The minimum Gasteiger partial charge on any atom is -0.382 e. The van der Waals surface area contributed by atoms with Crippen molar-refractivity contribution < 1.29 is 9.18 Å². The van der Waals surface area contributed by atoms with Crippen molar-refractivity contribution >= 4 is 17.3 Å². The quantitative estimate of drug-likeness (QED) is 0.754. The van der Waals surface area contributed by atoms with E-state index in [4.69, 9.17) is 5.73 Å². The third kappa shape index (κ3) is 3.46. The van der Waals surface area contributed by atoms with Gasteiger partial charge in [0.05, 0.1) is 11.3 Å². The first kappa shape index (κ1) is 14.2. The molecular formula is C16H22FN3O. The maximum atomic E-state index is 14.1. The summed E-state index contributed by atoms with van der Waals surface area (Å²) in [5.74, 6) is -0.351. The number of rotatable bonds is 6. The summed E-state index contributed by atoms with van der Waals surface area (Å²) >= 11 is 0. The van der Waals surface area contributed by atoms with Gasteiger partial charge >= 0.3 is 0 Å². The predicted molar refractivity (Wildman–Crippen MR) is 82.0 cm³/mol. The van der Waals surface area contributed by atoms with Crippen LogP contribution in [0.25, 0.3) is 0 Å². The predicted octanol–water partition coefficient (Wildman–Crippen LogP) is 3.10. The Kier molecular flexibility index (Phi) is 3.99. The van der Waals surface area contributed by atoms with E-state index >= 15 is 0 Å². The molecule has 4 N–H and O–H groups in total. The summed E-state index contributed by atoms with van der Waals surface area (Å²) < 4.78 is 14.1. The normalized spacial score (nSPS) is 18.7. The average molecular weight is 291 g/mol. The zero-order chi connectivity index (χ0) is 14.8. The molecule has 0 radical (unpaired) electrons. The number of benzene rings is 1. The third-order valence-corrected chi connectivity index (χ3v) is 4.37. The second-order valence-corrected chi connectivity index (χ2v) is 6.19. The summed E-state index contributed by atoms with van der Waals surface area (Å²) in [6.45, 7) is 0.787. The van der Waals surface area contributed by atoms with Crippen LogP contribution in [0.1, 0.15) is 48.9 Å². The number of nitrogens with one attached hydrogen (secondary N) is 2. The molecule has 0 spiro atoms. The molecule has 0 saturated heterocycles. The highest BCUT2D eigenvalue weighted by Gasteiger charge is 2.23. The first-order valence-electron chi connectivity index (χ1n) is 7.77. The van der Waals surface area contributed by atoms with Gasteiger partial charge in [-0.15, -0.1) is 0 Å². The van der Waals surface area contributed by atoms with Gasteiger partial charge in [-0.05, 0) is 43.7 Å². The van der Waals surface area contributed by atoms with Crippen LogP contribution in [0, 0.1) is 11.7 Å². The van der Waals surface area contributed by atoms with Gasteiger partial charge in [-0.3, -0.25) is 4.79 Å². The van der Waals surface area contributed by atoms with E-state index in [0.29, 0.717) is 23.3 Å². The number of hydrogen-bond donors (Lipinski definition) is 3. The maximum Gasteiger partial charge on any atom is 0.250 e. The van der Waals surface area contributed by atoms with E-state index in [0.717, 1.165) is 19.4 Å². The van der Waals surface area contributed by atoms with E-state index in [2.05, 4.69) is 10.6 Å². The highest BCUT2D eigenvalue weighted by atomic mass is 19.1. The number of halogens is 1. The zero-order valence-corrected chi connectivity index (χ0v) is 12.1. The molecule has 0 unspecified atom stereocenters. The Hall–Kier alpha value is -1.78. The molecule has 0 heterocycles. The van der Waals surface area contributed by atoms with Crippen LogP contribution in [-0.2, 0) is 0 Å². The maximum absolute atomic E-state index is 14.1. The van der Waals surface area contributed by atoms with E-state index in [1.54, 1.807) is 6.07 Å². The minimum atomic E-state index is -0.594. The Labute approximate surface area is 124 Å². The van der Waals surface area contributed by atoms with E-state index in [1.807, 2.05) is 0 Å². The third-order valence-electron chi connectivity index (χ3n) is 4.37. The van der Waals surface area contributed by atoms with Crippen LogP contribution in [-0.4, -0.2) is 18.5 Å². The lowest BCUT2D eigenvalue weighted by Crippen LogP contribution is -2.20. The lowest BCUT2D eigenvalue weighted by molar-refractivity contribution is 0.100. The second kappa shape index (κ2) is 5.92. The van der Waals surface area contributed by atoms with Crippen LogP contribution in [0.4, 0.5) is 15.8 Å². The van der Waals surface area contributed by atoms with E-state index < -0.39 is 11.7 Å². The van der Waals surface area contributed by atoms with Crippen molar-refractivity contribution in [3.05, 3.63) is 23.5 Å². The Balaban J connectivity index is 1.81. The van der Waals surface area contributed by atoms with E-state index in [1.165, 1.54) is 31.7 Å². The van der Waals surface area contributed by atoms with Crippen LogP contribution < -0.4 is 16.4 Å². The molecule has 0 atom stereocenters. The molecule has 3 rings (SSSR count). The molecule has 2 aliphatic rings. The lowest BCUT2D eigenvalue weighted by Gasteiger charge is -2.18. The van der Waals surface area contributed by atoms with Gasteiger partial charge < -0.3 is 16.4 Å². The second-order valence-electron chi connectivity index (χ2n) is 6.19. The summed E-state index contributed by atoms with van der Waals surface area (Å²) in [7, 11) is 0. The molecular weight excluding hydrogens is 269 g/mol. The topological polar surface area (TPSA) is 67.2 Å². The van der Waals surface area contributed by atoms with Gasteiger partial charge in [-0.2, -0.15) is 0 Å². The summed E-state index contributed by atoms with van der Waals surface area (Å²) in [4.78, 5) is 11.5. The summed E-state index contributed by atoms with van der Waals surface area (Å²) in [5.41, 5.74) is 6.71. The van der Waals surface area contributed by atoms with Gasteiger partial charge in [-0.1, -0.05) is 12.8 Å². The average Bonchev–Trinajstić information content (AvgIpc) is 3.14. The molecule has 0 aromatic heterocycles. The highest BCUT2D eigenvalue weighted by molar-refractivity contribution is 5.99. The zero-order valence-electron chi connectivity index (χ0n) is 12.1. The summed E-state index contributed by atoms with van der Waals surface area (Å²) in [6.07, 6.45) is 6.97. The molecule has 2 saturated carbocycles. The van der Waals surface area contributed by atoms with Gasteiger partial charge in [0.15, 0.2) is 0 Å². The fourth-order valence-electron chi connectivity index (χ4n) is 2.90. The first-order valence-corrected chi connectivity index (χ1v) is 7.77. The summed E-state index contributed by atoms with van der Waals surface area (Å²) in [5, 5.41) is 6.49. The molecule has 5 heteroatoms. The Morgan fingerprint density at radius 3 is 2.52 bits per heavy atom. The standard InChI is InChI=1S/C16H22FN3O/c17-13-7-12(16(18)21)14(20-11-3-1-2-4-11)8-15(13)19-9-10-5-6-10/h7-8,10-11,19-20H,1-6,9H2,(H2,18,21). The molecule has 1 aromatic carbocycles. The molecule has 1 amide bonds. The Bertz CT molecular complexity index is 537. The van der Waals surface area contributed by atoms with E-state index in [-0.39, 0.29) is 5.56 Å². The number of nitrogens with two attached hydrogens (primary N) is 1. The summed E-state index contributed by atoms with van der Waals surface area (Å²) in [6, 6.07) is 3.29. The Morgan fingerprint density at radius 2 is 1.90 bits per heavy atom. The molecule has 1 aromatic rings. The number of amides is 1.